The van der Waals surface area contributed by atoms with Crippen molar-refractivity contribution >= 4 is 5.91 Å². The van der Waals surface area contributed by atoms with Crippen LogP contribution < -0.4 is 11.1 Å². The fraction of sp³-hybridized carbons (Fsp3) is 0.933. The van der Waals surface area contributed by atoms with Crippen LogP contribution in [0, 0.1) is 0 Å². The summed E-state index contributed by atoms with van der Waals surface area (Å²) in [5, 5.41) is 3.29. The van der Waals surface area contributed by atoms with Gasteiger partial charge in [-0.3, -0.25) is 4.79 Å². The summed E-state index contributed by atoms with van der Waals surface area (Å²) in [5.74, 6) is -0.251. The summed E-state index contributed by atoms with van der Waals surface area (Å²) in [6, 6.07) is 0. The van der Waals surface area contributed by atoms with Crippen molar-refractivity contribution < 1.29 is 4.79 Å². The third-order valence-corrected chi connectivity index (χ3v) is 4.30. The van der Waals surface area contributed by atoms with Gasteiger partial charge in [0.2, 0.25) is 5.91 Å². The molecule has 0 bridgehead atoms. The molecule has 5 heteroatoms. The lowest BCUT2D eigenvalue weighted by Crippen LogP contribution is -2.54. The van der Waals surface area contributed by atoms with Gasteiger partial charge in [-0.15, -0.1) is 0 Å². The number of nitrogens with two attached hydrogens (primary N) is 1. The van der Waals surface area contributed by atoms with Crippen molar-refractivity contribution in [3.63, 3.8) is 0 Å². The van der Waals surface area contributed by atoms with Crippen molar-refractivity contribution in [1.82, 2.24) is 15.1 Å². The average molecular weight is 284 g/mol. The zero-order valence-electron chi connectivity index (χ0n) is 13.5. The van der Waals surface area contributed by atoms with E-state index < -0.39 is 5.54 Å². The first kappa shape index (κ1) is 17.4. The number of hydrogen-bond acceptors (Lipinski definition) is 4. The summed E-state index contributed by atoms with van der Waals surface area (Å²) in [4.78, 5) is 16.5. The van der Waals surface area contributed by atoms with Gasteiger partial charge in [0.25, 0.3) is 0 Å². The van der Waals surface area contributed by atoms with Crippen LogP contribution in [0.15, 0.2) is 0 Å². The van der Waals surface area contributed by atoms with Crippen molar-refractivity contribution in [2.75, 3.05) is 46.3 Å². The van der Waals surface area contributed by atoms with E-state index in [4.69, 9.17) is 5.73 Å². The highest BCUT2D eigenvalue weighted by molar-refractivity contribution is 5.84. The van der Waals surface area contributed by atoms with Gasteiger partial charge in [-0.05, 0) is 59.3 Å². The van der Waals surface area contributed by atoms with Crippen molar-refractivity contribution in [2.24, 2.45) is 5.73 Å². The molecule has 1 rings (SSSR count). The fourth-order valence-electron chi connectivity index (χ4n) is 2.54. The zero-order valence-corrected chi connectivity index (χ0v) is 13.5. The van der Waals surface area contributed by atoms with Crippen LogP contribution in [0.25, 0.3) is 0 Å². The van der Waals surface area contributed by atoms with Crippen LogP contribution in [0.2, 0.25) is 0 Å². The molecule has 0 saturated carbocycles. The molecule has 1 aliphatic heterocycles. The van der Waals surface area contributed by atoms with Crippen LogP contribution >= 0.6 is 0 Å². The Balaban J connectivity index is 2.28. The SMILES string of the molecule is CCCNC(C)(CCN(C)CCN1CCCC1)C(N)=O. The number of likely N-dealkylation sites (tertiary alicyclic amines) is 1. The lowest BCUT2D eigenvalue weighted by atomic mass is 9.96. The van der Waals surface area contributed by atoms with Crippen molar-refractivity contribution in [1.29, 1.82) is 0 Å². The van der Waals surface area contributed by atoms with Crippen LogP contribution in [0.3, 0.4) is 0 Å². The topological polar surface area (TPSA) is 61.6 Å². The third-order valence-electron chi connectivity index (χ3n) is 4.30. The van der Waals surface area contributed by atoms with Crippen LogP contribution in [0.1, 0.15) is 39.5 Å². The summed E-state index contributed by atoms with van der Waals surface area (Å²) in [5.41, 5.74) is 4.96. The molecule has 0 aromatic rings. The molecule has 3 N–H and O–H groups in total. The summed E-state index contributed by atoms with van der Waals surface area (Å²) >= 11 is 0. The van der Waals surface area contributed by atoms with Crippen LogP contribution in [0.5, 0.6) is 0 Å². The van der Waals surface area contributed by atoms with Gasteiger partial charge in [0, 0.05) is 19.6 Å². The normalized spacial score (nSPS) is 19.4. The minimum atomic E-state index is -0.585. The number of hydrogen-bond donors (Lipinski definition) is 2. The third kappa shape index (κ3) is 5.77. The van der Waals surface area contributed by atoms with Crippen LogP contribution in [-0.2, 0) is 4.79 Å². The molecule has 1 unspecified atom stereocenters. The Morgan fingerprint density at radius 1 is 1.35 bits per heavy atom. The molecule has 20 heavy (non-hydrogen) atoms. The van der Waals surface area contributed by atoms with Crippen molar-refractivity contribution in [3.8, 4) is 0 Å². The first-order chi connectivity index (χ1) is 9.48. The molecule has 1 atom stereocenters. The Kier molecular flexibility index (Phi) is 7.48. The number of nitrogens with zero attached hydrogens (tertiary/aromatic N) is 2. The number of nitrogens with one attached hydrogen (secondary N) is 1. The average Bonchev–Trinajstić information content (AvgIpc) is 2.93. The molecule has 1 fully saturated rings. The molecule has 1 aliphatic rings. The fourth-order valence-corrected chi connectivity index (χ4v) is 2.54. The van der Waals surface area contributed by atoms with E-state index in [0.717, 1.165) is 39.0 Å². The van der Waals surface area contributed by atoms with Crippen LogP contribution in [0.4, 0.5) is 0 Å². The lowest BCUT2D eigenvalue weighted by molar-refractivity contribution is -0.124. The van der Waals surface area contributed by atoms with E-state index in [1.54, 1.807) is 0 Å². The number of likely N-dealkylation sites (N-methyl/N-ethyl adjacent to an activating group) is 1. The Morgan fingerprint density at radius 3 is 2.55 bits per heavy atom. The number of rotatable bonds is 10. The maximum absolute atomic E-state index is 11.6. The molecule has 118 valence electrons. The zero-order chi connectivity index (χ0) is 15.0. The van der Waals surface area contributed by atoms with E-state index in [9.17, 15) is 4.79 Å². The standard InChI is InChI=1S/C15H32N4O/c1-4-8-17-15(2,14(16)20)7-11-18(3)12-13-19-9-5-6-10-19/h17H,4-13H2,1-3H3,(H2,16,20). The molecule has 5 nitrogen and oxygen atoms in total. The molecule has 0 radical (unpaired) electrons. The Labute approximate surface area is 123 Å². The molecule has 1 heterocycles. The molecular weight excluding hydrogens is 252 g/mol. The minimum Gasteiger partial charge on any atom is -0.368 e. The molecule has 0 aromatic carbocycles. The highest BCUT2D eigenvalue weighted by Crippen LogP contribution is 2.11. The molecule has 1 amide bonds. The molecule has 0 aliphatic carbocycles. The summed E-state index contributed by atoms with van der Waals surface area (Å²) in [6.07, 6.45) is 4.45. The summed E-state index contributed by atoms with van der Waals surface area (Å²) < 4.78 is 0. The van der Waals surface area contributed by atoms with Gasteiger partial charge in [0.1, 0.15) is 0 Å². The second kappa shape index (κ2) is 8.60. The largest absolute Gasteiger partial charge is 0.368 e. The van der Waals surface area contributed by atoms with Gasteiger partial charge in [0.05, 0.1) is 5.54 Å². The summed E-state index contributed by atoms with van der Waals surface area (Å²) in [7, 11) is 2.12. The highest BCUT2D eigenvalue weighted by Gasteiger charge is 2.30. The van der Waals surface area contributed by atoms with E-state index in [-0.39, 0.29) is 5.91 Å². The van der Waals surface area contributed by atoms with Gasteiger partial charge in [-0.25, -0.2) is 0 Å². The Hall–Kier alpha value is -0.650. The first-order valence-electron chi connectivity index (χ1n) is 7.94. The van der Waals surface area contributed by atoms with Gasteiger partial charge in [-0.2, -0.15) is 0 Å². The predicted molar refractivity (Wildman–Crippen MR) is 83.7 cm³/mol. The van der Waals surface area contributed by atoms with E-state index >= 15 is 0 Å². The number of primary amides is 1. The van der Waals surface area contributed by atoms with Gasteiger partial charge < -0.3 is 20.9 Å². The van der Waals surface area contributed by atoms with Gasteiger partial charge >= 0.3 is 0 Å². The van der Waals surface area contributed by atoms with E-state index in [0.29, 0.717) is 0 Å². The smallest absolute Gasteiger partial charge is 0.237 e. The second-order valence-corrected chi connectivity index (χ2v) is 6.23. The Bertz CT molecular complexity index is 292. The first-order valence-corrected chi connectivity index (χ1v) is 7.94. The number of carbonyl (C=O) groups excluding carboxylic acids is 1. The predicted octanol–water partition coefficient (Wildman–Crippen LogP) is 0.648. The second-order valence-electron chi connectivity index (χ2n) is 6.23. The molecule has 1 saturated heterocycles. The monoisotopic (exact) mass is 284 g/mol. The number of carbonyl (C=O) groups is 1. The van der Waals surface area contributed by atoms with E-state index in [2.05, 4.69) is 29.1 Å². The van der Waals surface area contributed by atoms with Crippen molar-refractivity contribution in [3.05, 3.63) is 0 Å². The quantitative estimate of drug-likeness (QED) is 0.618. The minimum absolute atomic E-state index is 0.251. The van der Waals surface area contributed by atoms with E-state index in [1.165, 1.54) is 25.9 Å². The van der Waals surface area contributed by atoms with Gasteiger partial charge in [-0.1, -0.05) is 6.92 Å². The van der Waals surface area contributed by atoms with Crippen LogP contribution in [-0.4, -0.2) is 67.6 Å². The highest BCUT2D eigenvalue weighted by atomic mass is 16.1. The summed E-state index contributed by atoms with van der Waals surface area (Å²) in [6.45, 7) is 10.4. The van der Waals surface area contributed by atoms with E-state index in [1.807, 2.05) is 6.92 Å². The molecule has 0 spiro atoms. The maximum Gasteiger partial charge on any atom is 0.237 e. The molecule has 0 aromatic heterocycles. The maximum atomic E-state index is 11.6. The van der Waals surface area contributed by atoms with Gasteiger partial charge in [0.15, 0.2) is 0 Å². The lowest BCUT2D eigenvalue weighted by Gasteiger charge is -2.30. The Morgan fingerprint density at radius 2 is 2.00 bits per heavy atom. The molecular formula is C15H32N4O. The number of amides is 1. The van der Waals surface area contributed by atoms with Crippen molar-refractivity contribution in [2.45, 2.75) is 45.1 Å².